The van der Waals surface area contributed by atoms with E-state index in [0.29, 0.717) is 11.3 Å². The Balaban J connectivity index is 1.74. The van der Waals surface area contributed by atoms with Gasteiger partial charge in [0, 0.05) is 31.9 Å². The molecule has 6 nitrogen and oxygen atoms in total. The van der Waals surface area contributed by atoms with E-state index in [1.54, 1.807) is 12.1 Å². The van der Waals surface area contributed by atoms with E-state index in [1.165, 1.54) is 38.5 Å². The Morgan fingerprint density at radius 3 is 2.29 bits per heavy atom. The number of benzene rings is 1. The molecule has 1 aromatic carbocycles. The summed E-state index contributed by atoms with van der Waals surface area (Å²) < 4.78 is 5.48. The fourth-order valence-corrected chi connectivity index (χ4v) is 3.77. The van der Waals surface area contributed by atoms with E-state index < -0.39 is 5.60 Å². The lowest BCUT2D eigenvalue weighted by Gasteiger charge is -2.35. The van der Waals surface area contributed by atoms with Crippen molar-refractivity contribution in [1.82, 2.24) is 9.80 Å². The molecule has 0 spiro atoms. The second-order valence-corrected chi connectivity index (χ2v) is 9.39. The number of nitrogens with one attached hydrogen (secondary N) is 1. The summed E-state index contributed by atoms with van der Waals surface area (Å²) in [5.41, 5.74) is 0.524. The molecule has 6 heteroatoms. The molecule has 1 saturated heterocycles. The van der Waals surface area contributed by atoms with E-state index in [1.807, 2.05) is 37.8 Å². The Bertz CT molecular complexity index is 691. The molecule has 0 atom stereocenters. The number of piperazine rings is 1. The van der Waals surface area contributed by atoms with E-state index in [0.717, 1.165) is 32.7 Å². The first kappa shape index (κ1) is 25.2. The number of para-hydroxylation sites is 1. The molecular formula is C25H41N3O3. The van der Waals surface area contributed by atoms with Gasteiger partial charge in [-0.3, -0.25) is 9.69 Å². The molecule has 0 unspecified atom stereocenters. The fraction of sp³-hybridized carbons (Fsp3) is 0.680. The molecule has 0 radical (unpaired) electrons. The van der Waals surface area contributed by atoms with Crippen LogP contribution in [0.3, 0.4) is 0 Å². The highest BCUT2D eigenvalue weighted by Crippen LogP contribution is 2.19. The number of anilines is 1. The number of rotatable bonds is 11. The van der Waals surface area contributed by atoms with Gasteiger partial charge in [-0.2, -0.15) is 0 Å². The number of hydrogen-bond acceptors (Lipinski definition) is 5. The summed E-state index contributed by atoms with van der Waals surface area (Å²) in [6.07, 6.45) is 7.88. The highest BCUT2D eigenvalue weighted by atomic mass is 16.6. The predicted octanol–water partition coefficient (Wildman–Crippen LogP) is 4.56. The lowest BCUT2D eigenvalue weighted by atomic mass is 10.1. The van der Waals surface area contributed by atoms with E-state index in [9.17, 15) is 9.59 Å². The van der Waals surface area contributed by atoms with Crippen molar-refractivity contribution < 1.29 is 14.3 Å². The van der Waals surface area contributed by atoms with Crippen molar-refractivity contribution in [3.05, 3.63) is 29.8 Å². The Morgan fingerprint density at radius 2 is 1.61 bits per heavy atom. The number of carbonyl (C=O) groups excluding carboxylic acids is 2. The van der Waals surface area contributed by atoms with Crippen LogP contribution in [0.15, 0.2) is 24.3 Å². The molecule has 0 aliphatic carbocycles. The molecular weight excluding hydrogens is 390 g/mol. The molecule has 1 aromatic rings. The second kappa shape index (κ2) is 12.7. The predicted molar refractivity (Wildman–Crippen MR) is 126 cm³/mol. The van der Waals surface area contributed by atoms with Crippen molar-refractivity contribution in [2.75, 3.05) is 44.6 Å². The summed E-state index contributed by atoms with van der Waals surface area (Å²) in [5.74, 6) is -0.315. The zero-order valence-electron chi connectivity index (χ0n) is 19.9. The maximum absolute atomic E-state index is 12.7. The van der Waals surface area contributed by atoms with Crippen LogP contribution < -0.4 is 5.32 Å². The van der Waals surface area contributed by atoms with Gasteiger partial charge in [0.1, 0.15) is 5.60 Å². The van der Waals surface area contributed by atoms with Crippen molar-refractivity contribution in [1.29, 1.82) is 0 Å². The summed E-state index contributed by atoms with van der Waals surface area (Å²) in [4.78, 5) is 29.5. The minimum absolute atomic E-state index is 0.0678. The van der Waals surface area contributed by atoms with Crippen LogP contribution in [0.1, 0.15) is 76.6 Å². The van der Waals surface area contributed by atoms with Gasteiger partial charge in [-0.05, 0) is 45.9 Å². The zero-order valence-corrected chi connectivity index (χ0v) is 19.9. The molecule has 0 saturated carbocycles. The third-order valence-electron chi connectivity index (χ3n) is 5.53. The molecule has 0 aromatic heterocycles. The number of nitrogens with zero attached hydrogens (tertiary/aromatic N) is 2. The molecule has 0 bridgehead atoms. The van der Waals surface area contributed by atoms with Gasteiger partial charge in [-0.1, -0.05) is 51.2 Å². The standard InChI is InChI=1S/C25H41N3O3/c1-5-6-7-8-9-12-15-27-16-18-28(19-17-27)23(29)20-26-22-14-11-10-13-21(22)24(30)31-25(2,3)4/h10-11,13-14,26H,5-9,12,15-20H2,1-4H3. The maximum Gasteiger partial charge on any atom is 0.340 e. The number of unbranched alkanes of at least 4 members (excludes halogenated alkanes) is 5. The van der Waals surface area contributed by atoms with Crippen molar-refractivity contribution in [2.45, 2.75) is 71.8 Å². The highest BCUT2D eigenvalue weighted by Gasteiger charge is 2.23. The topological polar surface area (TPSA) is 61.9 Å². The van der Waals surface area contributed by atoms with Gasteiger partial charge in [0.2, 0.25) is 5.91 Å². The smallest absolute Gasteiger partial charge is 0.340 e. The summed E-state index contributed by atoms with van der Waals surface area (Å²) in [7, 11) is 0. The lowest BCUT2D eigenvalue weighted by molar-refractivity contribution is -0.131. The summed E-state index contributed by atoms with van der Waals surface area (Å²) >= 11 is 0. The Labute approximate surface area is 188 Å². The van der Waals surface area contributed by atoms with Gasteiger partial charge >= 0.3 is 5.97 Å². The molecule has 174 valence electrons. The fourth-order valence-electron chi connectivity index (χ4n) is 3.77. The molecule has 2 rings (SSSR count). The van der Waals surface area contributed by atoms with Gasteiger partial charge in [-0.15, -0.1) is 0 Å². The Morgan fingerprint density at radius 1 is 0.968 bits per heavy atom. The number of amides is 1. The van der Waals surface area contributed by atoms with Crippen LogP contribution in [0.2, 0.25) is 0 Å². The van der Waals surface area contributed by atoms with Crippen LogP contribution in [0.4, 0.5) is 5.69 Å². The van der Waals surface area contributed by atoms with Gasteiger partial charge in [0.25, 0.3) is 0 Å². The average molecular weight is 432 g/mol. The van der Waals surface area contributed by atoms with E-state index in [4.69, 9.17) is 4.74 Å². The molecule has 1 N–H and O–H groups in total. The lowest BCUT2D eigenvalue weighted by Crippen LogP contribution is -2.50. The van der Waals surface area contributed by atoms with E-state index in [-0.39, 0.29) is 18.4 Å². The maximum atomic E-state index is 12.7. The Hall–Kier alpha value is -2.08. The molecule has 1 aliphatic heterocycles. The van der Waals surface area contributed by atoms with Gasteiger partial charge < -0.3 is 15.0 Å². The molecule has 1 heterocycles. The minimum Gasteiger partial charge on any atom is -0.456 e. The zero-order chi connectivity index (χ0) is 22.7. The third-order valence-corrected chi connectivity index (χ3v) is 5.53. The normalized spacial score (nSPS) is 15.0. The number of esters is 1. The average Bonchev–Trinajstić information content (AvgIpc) is 2.74. The van der Waals surface area contributed by atoms with Gasteiger partial charge in [-0.25, -0.2) is 4.79 Å². The van der Waals surface area contributed by atoms with Crippen LogP contribution in [-0.2, 0) is 9.53 Å². The summed E-state index contributed by atoms with van der Waals surface area (Å²) in [6, 6.07) is 7.18. The first-order chi connectivity index (χ1) is 14.8. The molecule has 31 heavy (non-hydrogen) atoms. The first-order valence-electron chi connectivity index (χ1n) is 11.9. The molecule has 1 aliphatic rings. The third kappa shape index (κ3) is 9.30. The highest BCUT2D eigenvalue weighted by molar-refractivity contribution is 5.96. The van der Waals surface area contributed by atoms with Gasteiger partial charge in [0.05, 0.1) is 12.1 Å². The van der Waals surface area contributed by atoms with Crippen molar-refractivity contribution in [3.63, 3.8) is 0 Å². The van der Waals surface area contributed by atoms with Crippen LogP contribution in [-0.4, -0.2) is 66.5 Å². The monoisotopic (exact) mass is 431 g/mol. The molecule has 1 amide bonds. The quantitative estimate of drug-likeness (QED) is 0.411. The summed E-state index contributed by atoms with van der Waals surface area (Å²) in [5, 5.41) is 3.14. The second-order valence-electron chi connectivity index (χ2n) is 9.39. The van der Waals surface area contributed by atoms with Crippen molar-refractivity contribution in [3.8, 4) is 0 Å². The van der Waals surface area contributed by atoms with E-state index in [2.05, 4.69) is 17.1 Å². The van der Waals surface area contributed by atoms with Crippen LogP contribution in [0.5, 0.6) is 0 Å². The number of ether oxygens (including phenoxy) is 1. The van der Waals surface area contributed by atoms with Crippen LogP contribution >= 0.6 is 0 Å². The van der Waals surface area contributed by atoms with E-state index >= 15 is 0 Å². The largest absolute Gasteiger partial charge is 0.456 e. The Kier molecular flexibility index (Phi) is 10.3. The van der Waals surface area contributed by atoms with Gasteiger partial charge in [0.15, 0.2) is 0 Å². The summed E-state index contributed by atoms with van der Waals surface area (Å²) in [6.45, 7) is 12.5. The molecule has 1 fully saturated rings. The van der Waals surface area contributed by atoms with Crippen molar-refractivity contribution >= 4 is 17.6 Å². The SMILES string of the molecule is CCCCCCCCN1CCN(C(=O)CNc2ccccc2C(=O)OC(C)(C)C)CC1. The minimum atomic E-state index is -0.560. The van der Waals surface area contributed by atoms with Crippen LogP contribution in [0.25, 0.3) is 0 Å². The number of carbonyl (C=O) groups is 2. The first-order valence-corrected chi connectivity index (χ1v) is 11.9. The number of hydrogen-bond donors (Lipinski definition) is 1. The van der Waals surface area contributed by atoms with Crippen molar-refractivity contribution in [2.24, 2.45) is 0 Å². The van der Waals surface area contributed by atoms with Crippen LogP contribution in [0, 0.1) is 0 Å².